The lowest BCUT2D eigenvalue weighted by atomic mass is 9.89. The molecule has 0 aromatic heterocycles. The molecule has 228 valence electrons. The summed E-state index contributed by atoms with van der Waals surface area (Å²) < 4.78 is 83.6. The molecule has 4 rings (SSSR count). The van der Waals surface area contributed by atoms with Crippen molar-refractivity contribution in [3.05, 3.63) is 58.7 Å². The number of carbonyl (C=O) groups excluding carboxylic acids is 2. The first-order chi connectivity index (χ1) is 19.5. The zero-order chi connectivity index (χ0) is 31.0. The topological polar surface area (TPSA) is 134 Å². The van der Waals surface area contributed by atoms with Crippen molar-refractivity contribution in [1.82, 2.24) is 9.62 Å². The number of hydrogen-bond donors (Lipinski definition) is 2. The van der Waals surface area contributed by atoms with E-state index < -0.39 is 45.8 Å². The van der Waals surface area contributed by atoms with Gasteiger partial charge in [0, 0.05) is 31.4 Å². The molecule has 3 N–H and O–H groups in total. The van der Waals surface area contributed by atoms with E-state index >= 15 is 0 Å². The van der Waals surface area contributed by atoms with Crippen LogP contribution < -0.4 is 20.7 Å². The largest absolute Gasteiger partial charge is 0.461 e. The average Bonchev–Trinajstić information content (AvgIpc) is 3.22. The fourth-order valence-electron chi connectivity index (χ4n) is 5.08. The summed E-state index contributed by atoms with van der Waals surface area (Å²) in [5, 5.41) is 2.60. The highest BCUT2D eigenvalue weighted by Crippen LogP contribution is 2.34. The molecule has 10 nitrogen and oxygen atoms in total. The summed E-state index contributed by atoms with van der Waals surface area (Å²) in [6.07, 6.45) is -8.30. The lowest BCUT2D eigenvalue weighted by molar-refractivity contribution is -0.253. The van der Waals surface area contributed by atoms with Gasteiger partial charge in [-0.05, 0) is 74.1 Å². The van der Waals surface area contributed by atoms with E-state index in [-0.39, 0.29) is 49.5 Å². The summed E-state index contributed by atoms with van der Waals surface area (Å²) in [6.45, 7) is 3.74. The molecule has 2 aliphatic heterocycles. The molecular weight excluding hydrogens is 582 g/mol. The SMILES string of the molecule is Cc1cc(N(C)C(N)=O)cc(C)c1CCS(=O)(=O)N1CCC2(CC1)N=C(c1cccc(OC(F)(F)C(F)F)c1)NC2=O. The predicted octanol–water partition coefficient (Wildman–Crippen LogP) is 3.34. The van der Waals surface area contributed by atoms with Gasteiger partial charge in [-0.2, -0.15) is 17.6 Å². The molecule has 15 heteroatoms. The number of carbonyl (C=O) groups is 2. The highest BCUT2D eigenvalue weighted by atomic mass is 32.2. The molecule has 2 aromatic rings. The van der Waals surface area contributed by atoms with E-state index in [0.717, 1.165) is 28.8 Å². The number of aliphatic imine (C=N–C) groups is 1. The average molecular weight is 614 g/mol. The summed E-state index contributed by atoms with van der Waals surface area (Å²) in [7, 11) is -2.15. The Kier molecular flexibility index (Phi) is 8.56. The van der Waals surface area contributed by atoms with Crippen LogP contribution in [-0.2, 0) is 21.2 Å². The number of alkyl halides is 4. The summed E-state index contributed by atoms with van der Waals surface area (Å²) in [4.78, 5) is 30.2. The van der Waals surface area contributed by atoms with Crippen molar-refractivity contribution in [2.45, 2.75) is 51.2 Å². The van der Waals surface area contributed by atoms with Crippen LogP contribution in [0.4, 0.5) is 28.0 Å². The first-order valence-corrected chi connectivity index (χ1v) is 14.6. The number of primary amides is 1. The number of amidine groups is 1. The van der Waals surface area contributed by atoms with E-state index in [0.29, 0.717) is 5.69 Å². The number of halogens is 4. The standard InChI is InChI=1S/C27H31F4N5O5S/c1-16-13-19(35(3)25(32)38)14-17(2)21(16)7-12-42(39,40)36-10-8-26(9-11-36)24(37)33-22(34-26)18-5-4-6-20(15-18)41-27(30,31)23(28)29/h4-6,13-15,23H,7-12H2,1-3H3,(H2,32,38)(H,33,34,37). The van der Waals surface area contributed by atoms with Crippen LogP contribution >= 0.6 is 0 Å². The number of hydrogen-bond acceptors (Lipinski definition) is 6. The minimum absolute atomic E-state index is 0.0383. The minimum Gasteiger partial charge on any atom is -0.428 e. The van der Waals surface area contributed by atoms with Crippen molar-refractivity contribution in [2.24, 2.45) is 10.7 Å². The van der Waals surface area contributed by atoms with Crippen LogP contribution in [0, 0.1) is 13.8 Å². The van der Waals surface area contributed by atoms with Crippen LogP contribution in [0.25, 0.3) is 0 Å². The molecule has 1 fully saturated rings. The maximum atomic E-state index is 13.3. The maximum absolute atomic E-state index is 13.3. The summed E-state index contributed by atoms with van der Waals surface area (Å²) in [6, 6.07) is 7.82. The lowest BCUT2D eigenvalue weighted by Gasteiger charge is -2.34. The predicted molar refractivity (Wildman–Crippen MR) is 148 cm³/mol. The summed E-state index contributed by atoms with van der Waals surface area (Å²) in [5.41, 5.74) is 7.36. The van der Waals surface area contributed by atoms with Crippen molar-refractivity contribution >= 4 is 33.5 Å². The molecule has 0 saturated carbocycles. The quantitative estimate of drug-likeness (QED) is 0.419. The fourth-order valence-corrected chi connectivity index (χ4v) is 6.54. The highest BCUT2D eigenvalue weighted by molar-refractivity contribution is 7.89. The van der Waals surface area contributed by atoms with Gasteiger partial charge in [0.05, 0.1) is 5.75 Å². The van der Waals surface area contributed by atoms with Crippen LogP contribution in [-0.4, -0.2) is 74.5 Å². The number of nitrogens with zero attached hydrogens (tertiary/aromatic N) is 3. The monoisotopic (exact) mass is 613 g/mol. The number of amides is 3. The third kappa shape index (κ3) is 6.36. The van der Waals surface area contributed by atoms with Crippen molar-refractivity contribution in [1.29, 1.82) is 0 Å². The third-order valence-corrected chi connectivity index (χ3v) is 9.42. The van der Waals surface area contributed by atoms with Gasteiger partial charge < -0.3 is 15.8 Å². The Labute approximate surface area is 240 Å². The number of nitrogens with one attached hydrogen (secondary N) is 1. The number of benzene rings is 2. The first kappa shape index (κ1) is 31.2. The summed E-state index contributed by atoms with van der Waals surface area (Å²) >= 11 is 0. The summed E-state index contributed by atoms with van der Waals surface area (Å²) in [5.74, 6) is -1.11. The molecule has 0 radical (unpaired) electrons. The second-order valence-electron chi connectivity index (χ2n) is 10.4. The molecule has 2 aromatic carbocycles. The smallest absolute Gasteiger partial charge is 0.428 e. The number of urea groups is 1. The van der Waals surface area contributed by atoms with Crippen LogP contribution in [0.15, 0.2) is 41.4 Å². The molecule has 1 saturated heterocycles. The molecule has 2 aliphatic rings. The molecular formula is C27H31F4N5O5S. The van der Waals surface area contributed by atoms with E-state index in [1.54, 1.807) is 19.2 Å². The Morgan fingerprint density at radius 1 is 1.19 bits per heavy atom. The van der Waals surface area contributed by atoms with Crippen molar-refractivity contribution in [2.75, 3.05) is 30.8 Å². The molecule has 3 amide bonds. The molecule has 0 aliphatic carbocycles. The number of piperidine rings is 1. The zero-order valence-corrected chi connectivity index (χ0v) is 24.0. The van der Waals surface area contributed by atoms with Crippen molar-refractivity contribution < 1.29 is 40.3 Å². The Morgan fingerprint density at radius 3 is 2.38 bits per heavy atom. The van der Waals surface area contributed by atoms with E-state index in [1.807, 2.05) is 13.8 Å². The van der Waals surface area contributed by atoms with E-state index in [9.17, 15) is 35.6 Å². The Balaban J connectivity index is 1.43. The number of nitrogens with two attached hydrogens (primary N) is 1. The van der Waals surface area contributed by atoms with E-state index in [2.05, 4.69) is 15.0 Å². The van der Waals surface area contributed by atoms with Crippen LogP contribution in [0.5, 0.6) is 5.75 Å². The zero-order valence-electron chi connectivity index (χ0n) is 23.2. The van der Waals surface area contributed by atoms with E-state index in [4.69, 9.17) is 5.73 Å². The van der Waals surface area contributed by atoms with Gasteiger partial charge in [-0.15, -0.1) is 0 Å². The van der Waals surface area contributed by atoms with Crippen LogP contribution in [0.3, 0.4) is 0 Å². The second kappa shape index (κ2) is 11.5. The van der Waals surface area contributed by atoms with Gasteiger partial charge in [-0.25, -0.2) is 17.5 Å². The molecule has 0 bridgehead atoms. The molecule has 0 atom stereocenters. The fraction of sp³-hybridized carbons (Fsp3) is 0.444. The van der Waals surface area contributed by atoms with Gasteiger partial charge in [-0.1, -0.05) is 12.1 Å². The molecule has 1 spiro atoms. The Hall–Kier alpha value is -3.72. The van der Waals surface area contributed by atoms with Crippen LogP contribution in [0.1, 0.15) is 35.1 Å². The lowest BCUT2D eigenvalue weighted by Crippen LogP contribution is -2.50. The first-order valence-electron chi connectivity index (χ1n) is 13.0. The minimum atomic E-state index is -4.69. The van der Waals surface area contributed by atoms with Gasteiger partial charge in [0.1, 0.15) is 17.1 Å². The molecule has 2 heterocycles. The normalized spacial score (nSPS) is 17.3. The third-order valence-electron chi connectivity index (χ3n) is 7.55. The number of rotatable bonds is 9. The van der Waals surface area contributed by atoms with E-state index in [1.165, 1.54) is 21.3 Å². The highest BCUT2D eigenvalue weighted by Gasteiger charge is 2.48. The number of aryl methyl sites for hydroxylation is 2. The number of anilines is 1. The Morgan fingerprint density at radius 2 is 1.81 bits per heavy atom. The maximum Gasteiger partial charge on any atom is 0.461 e. The molecule has 42 heavy (non-hydrogen) atoms. The molecule has 0 unspecified atom stereocenters. The van der Waals surface area contributed by atoms with Gasteiger partial charge in [0.15, 0.2) is 0 Å². The van der Waals surface area contributed by atoms with Crippen molar-refractivity contribution in [3.63, 3.8) is 0 Å². The van der Waals surface area contributed by atoms with Gasteiger partial charge in [0.25, 0.3) is 5.91 Å². The van der Waals surface area contributed by atoms with Gasteiger partial charge in [0.2, 0.25) is 10.0 Å². The van der Waals surface area contributed by atoms with Crippen molar-refractivity contribution in [3.8, 4) is 5.75 Å². The second-order valence-corrected chi connectivity index (χ2v) is 12.4. The Bertz CT molecular complexity index is 1500. The van der Waals surface area contributed by atoms with Gasteiger partial charge >= 0.3 is 18.6 Å². The number of ether oxygens (including phenoxy) is 1. The van der Waals surface area contributed by atoms with Crippen LogP contribution in [0.2, 0.25) is 0 Å². The number of sulfonamides is 1. The van der Waals surface area contributed by atoms with Gasteiger partial charge in [-0.3, -0.25) is 14.7 Å².